The molecule has 2 aromatic rings. The summed E-state index contributed by atoms with van der Waals surface area (Å²) in [6.45, 7) is 5.29. The van der Waals surface area contributed by atoms with E-state index in [1.165, 1.54) is 10.6 Å². The lowest BCUT2D eigenvalue weighted by Gasteiger charge is -2.03. The second kappa shape index (κ2) is 6.02. The fourth-order valence-electron chi connectivity index (χ4n) is 1.75. The van der Waals surface area contributed by atoms with Crippen LogP contribution in [-0.2, 0) is 13.0 Å². The molecule has 0 radical (unpaired) electrons. The smallest absolute Gasteiger partial charge is 0.144 e. The molecule has 4 nitrogen and oxygen atoms in total. The standard InChI is InChI=1S/C13H18N4S/c1-9(2)6-10-12(8-14-3)18-13(17-10)11-7-15-4-5-16-11/h4-5,7,9,14H,6,8H2,1-3H3. The maximum Gasteiger partial charge on any atom is 0.144 e. The molecule has 0 aliphatic carbocycles. The Labute approximate surface area is 112 Å². The van der Waals surface area contributed by atoms with E-state index in [0.717, 1.165) is 23.7 Å². The molecule has 0 unspecified atom stereocenters. The molecule has 2 heterocycles. The highest BCUT2D eigenvalue weighted by Crippen LogP contribution is 2.27. The zero-order valence-electron chi connectivity index (χ0n) is 11.0. The van der Waals surface area contributed by atoms with Crippen LogP contribution in [0.15, 0.2) is 18.6 Å². The Kier molecular flexibility index (Phi) is 4.38. The third kappa shape index (κ3) is 3.11. The molecule has 0 aromatic carbocycles. The van der Waals surface area contributed by atoms with Crippen molar-refractivity contribution < 1.29 is 0 Å². The van der Waals surface area contributed by atoms with E-state index in [2.05, 4.69) is 29.1 Å². The normalized spacial score (nSPS) is 11.1. The minimum atomic E-state index is 0.609. The van der Waals surface area contributed by atoms with Gasteiger partial charge in [0.2, 0.25) is 0 Å². The number of nitrogens with zero attached hydrogens (tertiary/aromatic N) is 3. The molecule has 1 N–H and O–H groups in total. The summed E-state index contributed by atoms with van der Waals surface area (Å²) in [4.78, 5) is 14.4. The quantitative estimate of drug-likeness (QED) is 0.899. The first-order chi connectivity index (χ1) is 8.70. The van der Waals surface area contributed by atoms with Crippen molar-refractivity contribution in [3.8, 4) is 10.7 Å². The van der Waals surface area contributed by atoms with Gasteiger partial charge >= 0.3 is 0 Å². The molecule has 96 valence electrons. The number of hydrogen-bond acceptors (Lipinski definition) is 5. The number of aromatic nitrogens is 3. The highest BCUT2D eigenvalue weighted by Gasteiger charge is 2.13. The topological polar surface area (TPSA) is 50.7 Å². The Morgan fingerprint density at radius 2 is 2.17 bits per heavy atom. The predicted molar refractivity (Wildman–Crippen MR) is 74.4 cm³/mol. The molecular formula is C13H18N4S. The summed E-state index contributed by atoms with van der Waals surface area (Å²) < 4.78 is 0. The molecule has 0 fully saturated rings. The highest BCUT2D eigenvalue weighted by atomic mass is 32.1. The Hall–Kier alpha value is -1.33. The number of nitrogens with one attached hydrogen (secondary N) is 1. The lowest BCUT2D eigenvalue weighted by atomic mass is 10.1. The molecule has 5 heteroatoms. The van der Waals surface area contributed by atoms with Crippen molar-refractivity contribution >= 4 is 11.3 Å². The molecule has 0 amide bonds. The van der Waals surface area contributed by atoms with Gasteiger partial charge in [0.15, 0.2) is 0 Å². The van der Waals surface area contributed by atoms with Crippen LogP contribution in [0, 0.1) is 5.92 Å². The fourth-order valence-corrected chi connectivity index (χ4v) is 2.81. The maximum absolute atomic E-state index is 4.72. The summed E-state index contributed by atoms with van der Waals surface area (Å²) >= 11 is 1.70. The third-order valence-corrected chi connectivity index (χ3v) is 3.62. The average Bonchev–Trinajstić information content (AvgIpc) is 2.73. The number of hydrogen-bond donors (Lipinski definition) is 1. The SMILES string of the molecule is CNCc1sc(-c2cnccn2)nc1CC(C)C. The summed E-state index contributed by atoms with van der Waals surface area (Å²) in [5.41, 5.74) is 2.04. The minimum absolute atomic E-state index is 0.609. The summed E-state index contributed by atoms with van der Waals surface area (Å²) in [6, 6.07) is 0. The summed E-state index contributed by atoms with van der Waals surface area (Å²) in [6.07, 6.45) is 6.16. The molecule has 0 spiro atoms. The van der Waals surface area contributed by atoms with Gasteiger partial charge in [-0.05, 0) is 19.4 Å². The Morgan fingerprint density at radius 1 is 1.33 bits per heavy atom. The van der Waals surface area contributed by atoms with Crippen LogP contribution in [0.1, 0.15) is 24.4 Å². The van der Waals surface area contributed by atoms with Crippen LogP contribution in [0.5, 0.6) is 0 Å². The van der Waals surface area contributed by atoms with E-state index in [0.29, 0.717) is 5.92 Å². The van der Waals surface area contributed by atoms with Gasteiger partial charge in [0.05, 0.1) is 11.9 Å². The largest absolute Gasteiger partial charge is 0.315 e. The van der Waals surface area contributed by atoms with Gasteiger partial charge in [0.25, 0.3) is 0 Å². The molecular weight excluding hydrogens is 244 g/mol. The molecule has 0 saturated heterocycles. The van der Waals surface area contributed by atoms with E-state index < -0.39 is 0 Å². The van der Waals surface area contributed by atoms with Gasteiger partial charge < -0.3 is 5.32 Å². The molecule has 0 atom stereocenters. The second-order valence-corrected chi connectivity index (χ2v) is 5.69. The van der Waals surface area contributed by atoms with Gasteiger partial charge in [0.1, 0.15) is 10.7 Å². The molecule has 0 saturated carbocycles. The minimum Gasteiger partial charge on any atom is -0.315 e. The first-order valence-corrected chi connectivity index (χ1v) is 6.92. The highest BCUT2D eigenvalue weighted by molar-refractivity contribution is 7.15. The predicted octanol–water partition coefficient (Wildman–Crippen LogP) is 2.52. The first-order valence-electron chi connectivity index (χ1n) is 6.10. The van der Waals surface area contributed by atoms with E-state index in [-0.39, 0.29) is 0 Å². The van der Waals surface area contributed by atoms with Crippen molar-refractivity contribution in [3.05, 3.63) is 29.2 Å². The van der Waals surface area contributed by atoms with E-state index >= 15 is 0 Å². The van der Waals surface area contributed by atoms with Crippen LogP contribution in [0.3, 0.4) is 0 Å². The lowest BCUT2D eigenvalue weighted by Crippen LogP contribution is -2.07. The van der Waals surface area contributed by atoms with Crippen LogP contribution in [0.4, 0.5) is 0 Å². The average molecular weight is 262 g/mol. The monoisotopic (exact) mass is 262 g/mol. The molecule has 0 aliphatic rings. The number of thiazole rings is 1. The van der Waals surface area contributed by atoms with E-state index in [1.807, 2.05) is 7.05 Å². The Morgan fingerprint density at radius 3 is 2.78 bits per heavy atom. The van der Waals surface area contributed by atoms with Crippen LogP contribution in [0.25, 0.3) is 10.7 Å². The van der Waals surface area contributed by atoms with Crippen molar-refractivity contribution in [2.24, 2.45) is 5.92 Å². The van der Waals surface area contributed by atoms with E-state index in [1.54, 1.807) is 29.9 Å². The van der Waals surface area contributed by atoms with Gasteiger partial charge in [-0.2, -0.15) is 0 Å². The third-order valence-electron chi connectivity index (χ3n) is 2.50. The first kappa shape index (κ1) is 13.1. The van der Waals surface area contributed by atoms with Crippen LogP contribution >= 0.6 is 11.3 Å². The summed E-state index contributed by atoms with van der Waals surface area (Å²) in [5, 5.41) is 4.16. The van der Waals surface area contributed by atoms with Crippen molar-refractivity contribution in [3.63, 3.8) is 0 Å². The molecule has 18 heavy (non-hydrogen) atoms. The molecule has 0 aliphatic heterocycles. The summed E-state index contributed by atoms with van der Waals surface area (Å²) in [7, 11) is 1.96. The van der Waals surface area contributed by atoms with Gasteiger partial charge in [0, 0.05) is 23.8 Å². The van der Waals surface area contributed by atoms with Gasteiger partial charge in [-0.25, -0.2) is 4.98 Å². The zero-order chi connectivity index (χ0) is 13.0. The molecule has 2 rings (SSSR count). The lowest BCUT2D eigenvalue weighted by molar-refractivity contribution is 0.631. The number of rotatable bonds is 5. The van der Waals surface area contributed by atoms with E-state index in [9.17, 15) is 0 Å². The van der Waals surface area contributed by atoms with Crippen molar-refractivity contribution in [2.75, 3.05) is 7.05 Å². The van der Waals surface area contributed by atoms with Crippen molar-refractivity contribution in [1.29, 1.82) is 0 Å². The summed E-state index contributed by atoms with van der Waals surface area (Å²) in [5.74, 6) is 0.609. The van der Waals surface area contributed by atoms with Gasteiger partial charge in [-0.15, -0.1) is 11.3 Å². The van der Waals surface area contributed by atoms with Gasteiger partial charge in [-0.1, -0.05) is 13.8 Å². The molecule has 2 aromatic heterocycles. The maximum atomic E-state index is 4.72. The van der Waals surface area contributed by atoms with Crippen LogP contribution in [-0.4, -0.2) is 22.0 Å². The van der Waals surface area contributed by atoms with Crippen LogP contribution < -0.4 is 5.32 Å². The second-order valence-electron chi connectivity index (χ2n) is 4.61. The Bertz CT molecular complexity index is 493. The Balaban J connectivity index is 2.33. The van der Waals surface area contributed by atoms with Crippen LogP contribution in [0.2, 0.25) is 0 Å². The van der Waals surface area contributed by atoms with Gasteiger partial charge in [-0.3, -0.25) is 9.97 Å². The van der Waals surface area contributed by atoms with Crippen molar-refractivity contribution in [1.82, 2.24) is 20.3 Å². The fraction of sp³-hybridized carbons (Fsp3) is 0.462. The molecule has 0 bridgehead atoms. The van der Waals surface area contributed by atoms with Crippen molar-refractivity contribution in [2.45, 2.75) is 26.8 Å². The van der Waals surface area contributed by atoms with E-state index in [4.69, 9.17) is 4.98 Å². The zero-order valence-corrected chi connectivity index (χ0v) is 11.8.